The standard InChI is InChI=1S/C16H27N3O/c1-13-11-19(12-15(13)18(2)3)8-9-20-16-7-5-4-6-14(16)10-17/h4-7,13,15H,8-12,17H2,1-3H3. The van der Waals surface area contributed by atoms with Crippen LogP contribution in [0.1, 0.15) is 12.5 Å². The largest absolute Gasteiger partial charge is 0.492 e. The van der Waals surface area contributed by atoms with Crippen molar-refractivity contribution in [2.75, 3.05) is 40.3 Å². The third-order valence-electron chi connectivity index (χ3n) is 4.17. The predicted molar refractivity (Wildman–Crippen MR) is 82.9 cm³/mol. The lowest BCUT2D eigenvalue weighted by molar-refractivity contribution is 0.219. The Hall–Kier alpha value is -1.10. The van der Waals surface area contributed by atoms with Crippen LogP contribution in [0, 0.1) is 5.92 Å². The zero-order valence-electron chi connectivity index (χ0n) is 12.9. The molecule has 4 heteroatoms. The second-order valence-electron chi connectivity index (χ2n) is 5.93. The number of likely N-dealkylation sites (N-methyl/N-ethyl adjacent to an activating group) is 1. The minimum atomic E-state index is 0.527. The highest BCUT2D eigenvalue weighted by atomic mass is 16.5. The molecule has 0 aromatic heterocycles. The third-order valence-corrected chi connectivity index (χ3v) is 4.17. The average Bonchev–Trinajstić information content (AvgIpc) is 2.80. The van der Waals surface area contributed by atoms with Gasteiger partial charge in [0.2, 0.25) is 0 Å². The molecular weight excluding hydrogens is 250 g/mol. The highest BCUT2D eigenvalue weighted by molar-refractivity contribution is 5.32. The molecular formula is C16H27N3O. The van der Waals surface area contributed by atoms with Gasteiger partial charge in [0, 0.05) is 37.8 Å². The van der Waals surface area contributed by atoms with E-state index in [1.165, 1.54) is 0 Å². The maximum Gasteiger partial charge on any atom is 0.123 e. The molecule has 1 heterocycles. The Labute approximate surface area is 122 Å². The maximum absolute atomic E-state index is 5.89. The molecule has 1 aliphatic heterocycles. The fourth-order valence-electron chi connectivity index (χ4n) is 3.00. The van der Waals surface area contributed by atoms with Crippen LogP contribution in [0.4, 0.5) is 0 Å². The lowest BCUT2D eigenvalue weighted by Crippen LogP contribution is -2.35. The Morgan fingerprint density at radius 3 is 2.70 bits per heavy atom. The topological polar surface area (TPSA) is 41.7 Å². The summed E-state index contributed by atoms with van der Waals surface area (Å²) < 4.78 is 5.89. The van der Waals surface area contributed by atoms with Crippen LogP contribution in [0.5, 0.6) is 5.75 Å². The van der Waals surface area contributed by atoms with Crippen LogP contribution < -0.4 is 10.5 Å². The monoisotopic (exact) mass is 277 g/mol. The van der Waals surface area contributed by atoms with Crippen molar-refractivity contribution in [1.82, 2.24) is 9.80 Å². The molecule has 0 aliphatic carbocycles. The fourth-order valence-corrected chi connectivity index (χ4v) is 3.00. The zero-order valence-corrected chi connectivity index (χ0v) is 12.9. The Kier molecular flexibility index (Phi) is 5.40. The van der Waals surface area contributed by atoms with Crippen LogP contribution >= 0.6 is 0 Å². The molecule has 2 unspecified atom stereocenters. The first-order valence-electron chi connectivity index (χ1n) is 7.41. The van der Waals surface area contributed by atoms with E-state index in [1.807, 2.05) is 24.3 Å². The van der Waals surface area contributed by atoms with E-state index in [0.717, 1.165) is 43.5 Å². The highest BCUT2D eigenvalue weighted by Crippen LogP contribution is 2.20. The minimum absolute atomic E-state index is 0.527. The summed E-state index contributed by atoms with van der Waals surface area (Å²) in [5.41, 5.74) is 6.80. The molecule has 1 aliphatic rings. The Bertz CT molecular complexity index is 422. The Morgan fingerprint density at radius 1 is 1.30 bits per heavy atom. The quantitative estimate of drug-likeness (QED) is 0.853. The summed E-state index contributed by atoms with van der Waals surface area (Å²) in [7, 11) is 4.33. The molecule has 2 N–H and O–H groups in total. The van der Waals surface area contributed by atoms with E-state index in [9.17, 15) is 0 Å². The number of nitrogens with zero attached hydrogens (tertiary/aromatic N) is 2. The van der Waals surface area contributed by atoms with Crippen molar-refractivity contribution >= 4 is 0 Å². The van der Waals surface area contributed by atoms with Gasteiger partial charge in [-0.15, -0.1) is 0 Å². The van der Waals surface area contributed by atoms with Gasteiger partial charge >= 0.3 is 0 Å². The first-order valence-corrected chi connectivity index (χ1v) is 7.41. The van der Waals surface area contributed by atoms with E-state index >= 15 is 0 Å². The van der Waals surface area contributed by atoms with Crippen LogP contribution in [0.3, 0.4) is 0 Å². The van der Waals surface area contributed by atoms with Gasteiger partial charge in [0.15, 0.2) is 0 Å². The lowest BCUT2D eigenvalue weighted by Gasteiger charge is -2.22. The van der Waals surface area contributed by atoms with Crippen molar-refractivity contribution in [2.24, 2.45) is 11.7 Å². The van der Waals surface area contributed by atoms with Crippen molar-refractivity contribution in [3.05, 3.63) is 29.8 Å². The molecule has 2 rings (SSSR count). The smallest absolute Gasteiger partial charge is 0.123 e. The number of benzene rings is 1. The summed E-state index contributed by atoms with van der Waals surface area (Å²) in [5, 5.41) is 0. The number of hydrogen-bond donors (Lipinski definition) is 1. The normalized spacial score (nSPS) is 23.4. The first-order chi connectivity index (χ1) is 9.61. The summed E-state index contributed by atoms with van der Waals surface area (Å²) in [6.07, 6.45) is 0. The van der Waals surface area contributed by atoms with Crippen LogP contribution in [0.25, 0.3) is 0 Å². The number of rotatable bonds is 6. The fraction of sp³-hybridized carbons (Fsp3) is 0.625. The molecule has 20 heavy (non-hydrogen) atoms. The average molecular weight is 277 g/mol. The number of ether oxygens (including phenoxy) is 1. The molecule has 0 spiro atoms. The second-order valence-corrected chi connectivity index (χ2v) is 5.93. The molecule has 1 fully saturated rings. The molecule has 0 bridgehead atoms. The molecule has 112 valence electrons. The van der Waals surface area contributed by atoms with Gasteiger partial charge in [0.05, 0.1) is 0 Å². The SMILES string of the molecule is CC1CN(CCOc2ccccc2CN)CC1N(C)C. The van der Waals surface area contributed by atoms with Crippen LogP contribution in [0.2, 0.25) is 0 Å². The van der Waals surface area contributed by atoms with Crippen molar-refractivity contribution in [3.8, 4) is 5.75 Å². The molecule has 1 aromatic carbocycles. The van der Waals surface area contributed by atoms with Crippen molar-refractivity contribution in [3.63, 3.8) is 0 Å². The minimum Gasteiger partial charge on any atom is -0.492 e. The van der Waals surface area contributed by atoms with Gasteiger partial charge in [-0.2, -0.15) is 0 Å². The number of hydrogen-bond acceptors (Lipinski definition) is 4. The van der Waals surface area contributed by atoms with E-state index in [2.05, 4.69) is 30.8 Å². The third kappa shape index (κ3) is 3.72. The summed E-state index contributed by atoms with van der Waals surface area (Å²) in [5.74, 6) is 1.65. The van der Waals surface area contributed by atoms with Gasteiger partial charge in [0.25, 0.3) is 0 Å². The Morgan fingerprint density at radius 2 is 2.05 bits per heavy atom. The summed E-state index contributed by atoms with van der Waals surface area (Å²) in [6, 6.07) is 8.67. The molecule has 0 saturated carbocycles. The van der Waals surface area contributed by atoms with E-state index in [0.29, 0.717) is 12.6 Å². The summed E-state index contributed by atoms with van der Waals surface area (Å²) in [6.45, 7) is 6.85. The first kappa shape index (κ1) is 15.3. The maximum atomic E-state index is 5.89. The summed E-state index contributed by atoms with van der Waals surface area (Å²) in [4.78, 5) is 4.82. The van der Waals surface area contributed by atoms with Gasteiger partial charge in [-0.1, -0.05) is 25.1 Å². The van der Waals surface area contributed by atoms with E-state index < -0.39 is 0 Å². The van der Waals surface area contributed by atoms with E-state index in [4.69, 9.17) is 10.5 Å². The molecule has 2 atom stereocenters. The second kappa shape index (κ2) is 7.07. The molecule has 0 amide bonds. The molecule has 1 saturated heterocycles. The van der Waals surface area contributed by atoms with E-state index in [-0.39, 0.29) is 0 Å². The predicted octanol–water partition coefficient (Wildman–Crippen LogP) is 1.41. The van der Waals surface area contributed by atoms with Gasteiger partial charge < -0.3 is 15.4 Å². The zero-order chi connectivity index (χ0) is 14.5. The number of nitrogens with two attached hydrogens (primary N) is 1. The number of para-hydroxylation sites is 1. The van der Waals surface area contributed by atoms with Gasteiger partial charge in [-0.25, -0.2) is 0 Å². The highest BCUT2D eigenvalue weighted by Gasteiger charge is 2.30. The molecule has 1 aromatic rings. The summed E-state index contributed by atoms with van der Waals surface area (Å²) >= 11 is 0. The lowest BCUT2D eigenvalue weighted by atomic mass is 10.1. The van der Waals surface area contributed by atoms with Crippen molar-refractivity contribution in [2.45, 2.75) is 19.5 Å². The van der Waals surface area contributed by atoms with Crippen LogP contribution in [-0.4, -0.2) is 56.2 Å². The van der Waals surface area contributed by atoms with Crippen molar-refractivity contribution < 1.29 is 4.74 Å². The van der Waals surface area contributed by atoms with E-state index in [1.54, 1.807) is 0 Å². The molecule has 0 radical (unpaired) electrons. The van der Waals surface area contributed by atoms with Crippen LogP contribution in [0.15, 0.2) is 24.3 Å². The van der Waals surface area contributed by atoms with Crippen LogP contribution in [-0.2, 0) is 6.54 Å². The van der Waals surface area contributed by atoms with Gasteiger partial charge in [-0.3, -0.25) is 4.90 Å². The van der Waals surface area contributed by atoms with Gasteiger partial charge in [-0.05, 0) is 26.1 Å². The Balaban J connectivity index is 1.79. The van der Waals surface area contributed by atoms with Gasteiger partial charge in [0.1, 0.15) is 12.4 Å². The van der Waals surface area contributed by atoms with Crippen molar-refractivity contribution in [1.29, 1.82) is 0 Å². The number of likely N-dealkylation sites (tertiary alicyclic amines) is 1. The molecule has 4 nitrogen and oxygen atoms in total.